The first-order valence-corrected chi connectivity index (χ1v) is 9.18. The minimum absolute atomic E-state index is 0.162. The summed E-state index contributed by atoms with van der Waals surface area (Å²) in [5.41, 5.74) is 2.40. The number of methoxy groups -OCH3 is 1. The Bertz CT molecular complexity index is 878. The Labute approximate surface area is 156 Å². The highest BCUT2D eigenvalue weighted by atomic mass is 32.1. The quantitative estimate of drug-likeness (QED) is 0.681. The van der Waals surface area contributed by atoms with Crippen molar-refractivity contribution in [3.05, 3.63) is 65.2 Å². The van der Waals surface area contributed by atoms with Gasteiger partial charge >= 0.3 is 0 Å². The summed E-state index contributed by atoms with van der Waals surface area (Å²) >= 11 is 1.42. The zero-order chi connectivity index (χ0) is 18.4. The van der Waals surface area contributed by atoms with Crippen LogP contribution in [0.25, 0.3) is 10.6 Å². The number of carbonyl (C=O) groups excluding carboxylic acids is 1. The number of thiazole rings is 1. The molecule has 0 aliphatic heterocycles. The predicted octanol–water partition coefficient (Wildman–Crippen LogP) is 4.15. The monoisotopic (exact) mass is 368 g/mol. The summed E-state index contributed by atoms with van der Waals surface area (Å²) in [6.45, 7) is 2.92. The zero-order valence-electron chi connectivity index (χ0n) is 14.7. The lowest BCUT2D eigenvalue weighted by Crippen LogP contribution is -2.22. The number of ether oxygens (including phenoxy) is 2. The van der Waals surface area contributed by atoms with Crippen molar-refractivity contribution in [1.82, 2.24) is 10.3 Å². The number of rotatable bonds is 7. The number of hydrogen-bond donors (Lipinski definition) is 1. The number of benzene rings is 2. The molecule has 3 rings (SSSR count). The summed E-state index contributed by atoms with van der Waals surface area (Å²) in [5.74, 6) is 1.14. The molecule has 0 spiro atoms. The Hall–Kier alpha value is -2.86. The van der Waals surface area contributed by atoms with Gasteiger partial charge in [-0.2, -0.15) is 0 Å². The van der Waals surface area contributed by atoms with Crippen molar-refractivity contribution in [2.75, 3.05) is 13.7 Å². The van der Waals surface area contributed by atoms with Gasteiger partial charge in [0.2, 0.25) is 0 Å². The van der Waals surface area contributed by atoms with Gasteiger partial charge in [-0.25, -0.2) is 4.98 Å². The average molecular weight is 368 g/mol. The molecule has 0 radical (unpaired) electrons. The molecule has 0 bridgehead atoms. The number of nitrogens with one attached hydrogen (secondary N) is 1. The number of aromatic nitrogens is 1. The second-order valence-corrected chi connectivity index (χ2v) is 6.40. The van der Waals surface area contributed by atoms with Crippen molar-refractivity contribution in [2.45, 2.75) is 13.5 Å². The highest BCUT2D eigenvalue weighted by Crippen LogP contribution is 2.34. The topological polar surface area (TPSA) is 60.5 Å². The molecule has 1 amide bonds. The van der Waals surface area contributed by atoms with Crippen LogP contribution in [-0.4, -0.2) is 24.5 Å². The maximum absolute atomic E-state index is 11.9. The van der Waals surface area contributed by atoms with Crippen molar-refractivity contribution in [3.63, 3.8) is 0 Å². The fourth-order valence-corrected chi connectivity index (χ4v) is 3.21. The Morgan fingerprint density at radius 3 is 2.69 bits per heavy atom. The number of carbonyl (C=O) groups is 1. The van der Waals surface area contributed by atoms with Gasteiger partial charge < -0.3 is 14.8 Å². The first-order chi connectivity index (χ1) is 12.7. The molecule has 6 heteroatoms. The second kappa shape index (κ2) is 8.49. The lowest BCUT2D eigenvalue weighted by atomic mass is 10.2. The molecule has 0 unspecified atom stereocenters. The molecule has 3 aromatic rings. The van der Waals surface area contributed by atoms with Gasteiger partial charge in [-0.05, 0) is 30.7 Å². The standard InChI is InChI=1S/C20H20N2O3S/c1-3-21-19(23)16-13-26-20(22-16)15-9-10-17(18(11-15)24-2)25-12-14-7-5-4-6-8-14/h4-11,13H,3,12H2,1-2H3,(H,21,23). The second-order valence-electron chi connectivity index (χ2n) is 5.54. The molecule has 0 saturated heterocycles. The number of nitrogens with zero attached hydrogens (tertiary/aromatic N) is 1. The maximum Gasteiger partial charge on any atom is 0.270 e. The van der Waals surface area contributed by atoms with Crippen molar-refractivity contribution in [3.8, 4) is 22.1 Å². The number of hydrogen-bond acceptors (Lipinski definition) is 5. The highest BCUT2D eigenvalue weighted by Gasteiger charge is 2.13. The molecule has 5 nitrogen and oxygen atoms in total. The minimum Gasteiger partial charge on any atom is -0.493 e. The SMILES string of the molecule is CCNC(=O)c1csc(-c2ccc(OCc3ccccc3)c(OC)c2)n1. The average Bonchev–Trinajstić information content (AvgIpc) is 3.17. The van der Waals surface area contributed by atoms with E-state index in [1.54, 1.807) is 12.5 Å². The Morgan fingerprint density at radius 2 is 1.96 bits per heavy atom. The maximum atomic E-state index is 11.9. The lowest BCUT2D eigenvalue weighted by Gasteiger charge is -2.11. The fraction of sp³-hybridized carbons (Fsp3) is 0.200. The van der Waals surface area contributed by atoms with Gasteiger partial charge in [0.1, 0.15) is 17.3 Å². The Kier molecular flexibility index (Phi) is 5.86. The van der Waals surface area contributed by atoms with Gasteiger partial charge in [0, 0.05) is 17.5 Å². The molecule has 0 aliphatic rings. The summed E-state index contributed by atoms with van der Waals surface area (Å²) in [6, 6.07) is 15.6. The van der Waals surface area contributed by atoms with E-state index in [0.29, 0.717) is 30.3 Å². The van der Waals surface area contributed by atoms with Crippen LogP contribution in [0.1, 0.15) is 23.0 Å². The van der Waals surface area contributed by atoms with E-state index in [1.165, 1.54) is 11.3 Å². The molecule has 1 heterocycles. The van der Waals surface area contributed by atoms with Crippen molar-refractivity contribution in [1.29, 1.82) is 0 Å². The molecule has 0 aliphatic carbocycles. The normalized spacial score (nSPS) is 10.4. The van der Waals surface area contributed by atoms with Crippen LogP contribution in [0.4, 0.5) is 0 Å². The van der Waals surface area contributed by atoms with Gasteiger partial charge in [0.05, 0.1) is 7.11 Å². The van der Waals surface area contributed by atoms with Gasteiger partial charge in [-0.15, -0.1) is 11.3 Å². The number of amides is 1. The van der Waals surface area contributed by atoms with Crippen LogP contribution in [0.15, 0.2) is 53.9 Å². The summed E-state index contributed by atoms with van der Waals surface area (Å²) in [6.07, 6.45) is 0. The predicted molar refractivity (Wildman–Crippen MR) is 103 cm³/mol. The summed E-state index contributed by atoms with van der Waals surface area (Å²) < 4.78 is 11.3. The molecule has 1 aromatic heterocycles. The fourth-order valence-electron chi connectivity index (χ4n) is 2.42. The van der Waals surface area contributed by atoms with Gasteiger partial charge in [0.25, 0.3) is 5.91 Å². The molecular formula is C20H20N2O3S. The van der Waals surface area contributed by atoms with Crippen LogP contribution in [-0.2, 0) is 6.61 Å². The van der Waals surface area contributed by atoms with E-state index in [9.17, 15) is 4.79 Å². The first-order valence-electron chi connectivity index (χ1n) is 8.30. The molecule has 26 heavy (non-hydrogen) atoms. The minimum atomic E-state index is -0.162. The Morgan fingerprint density at radius 1 is 1.15 bits per heavy atom. The van der Waals surface area contributed by atoms with E-state index >= 15 is 0 Å². The van der Waals surface area contributed by atoms with E-state index in [-0.39, 0.29) is 5.91 Å². The molecule has 0 atom stereocenters. The smallest absolute Gasteiger partial charge is 0.270 e. The highest BCUT2D eigenvalue weighted by molar-refractivity contribution is 7.13. The first kappa shape index (κ1) is 17.9. The van der Waals surface area contributed by atoms with Gasteiger partial charge in [0.15, 0.2) is 11.5 Å². The van der Waals surface area contributed by atoms with E-state index < -0.39 is 0 Å². The van der Waals surface area contributed by atoms with Crippen LogP contribution in [0, 0.1) is 0 Å². The Balaban J connectivity index is 1.77. The van der Waals surface area contributed by atoms with E-state index in [2.05, 4.69) is 10.3 Å². The third-order valence-electron chi connectivity index (χ3n) is 3.72. The van der Waals surface area contributed by atoms with Crippen LogP contribution in [0.3, 0.4) is 0 Å². The van der Waals surface area contributed by atoms with Crippen molar-refractivity contribution < 1.29 is 14.3 Å². The van der Waals surface area contributed by atoms with Crippen LogP contribution in [0.2, 0.25) is 0 Å². The third-order valence-corrected chi connectivity index (χ3v) is 4.61. The van der Waals surface area contributed by atoms with Gasteiger partial charge in [-0.1, -0.05) is 30.3 Å². The molecule has 2 aromatic carbocycles. The van der Waals surface area contributed by atoms with E-state index in [1.807, 2.05) is 55.5 Å². The van der Waals surface area contributed by atoms with E-state index in [0.717, 1.165) is 16.1 Å². The molecular weight excluding hydrogens is 348 g/mol. The van der Waals surface area contributed by atoms with Crippen molar-refractivity contribution in [2.24, 2.45) is 0 Å². The zero-order valence-corrected chi connectivity index (χ0v) is 15.5. The largest absolute Gasteiger partial charge is 0.493 e. The molecule has 134 valence electrons. The lowest BCUT2D eigenvalue weighted by molar-refractivity contribution is 0.0951. The van der Waals surface area contributed by atoms with Crippen LogP contribution >= 0.6 is 11.3 Å². The van der Waals surface area contributed by atoms with Crippen LogP contribution in [0.5, 0.6) is 11.5 Å². The third kappa shape index (κ3) is 4.21. The summed E-state index contributed by atoms with van der Waals surface area (Å²) in [5, 5.41) is 5.27. The van der Waals surface area contributed by atoms with Gasteiger partial charge in [-0.3, -0.25) is 4.79 Å². The van der Waals surface area contributed by atoms with Crippen molar-refractivity contribution >= 4 is 17.2 Å². The molecule has 0 saturated carbocycles. The van der Waals surface area contributed by atoms with Crippen LogP contribution < -0.4 is 14.8 Å². The summed E-state index contributed by atoms with van der Waals surface area (Å²) in [7, 11) is 1.61. The summed E-state index contributed by atoms with van der Waals surface area (Å²) in [4.78, 5) is 16.3. The molecule has 1 N–H and O–H groups in total. The van der Waals surface area contributed by atoms with E-state index in [4.69, 9.17) is 9.47 Å². The molecule has 0 fully saturated rings.